The monoisotopic (exact) mass is 344 g/mol. The minimum absolute atomic E-state index is 0.409. The van der Waals surface area contributed by atoms with Gasteiger partial charge < -0.3 is 0 Å². The van der Waals surface area contributed by atoms with Crippen LogP contribution in [0.15, 0.2) is 42.5 Å². The molecule has 3 rings (SSSR count). The predicted octanol–water partition coefficient (Wildman–Crippen LogP) is 7.18. The summed E-state index contributed by atoms with van der Waals surface area (Å²) in [5, 5.41) is 0. The summed E-state index contributed by atoms with van der Waals surface area (Å²) < 4.78 is 26.6. The van der Waals surface area contributed by atoms with Crippen LogP contribution in [-0.4, -0.2) is 0 Å². The Morgan fingerprint density at radius 3 is 2.04 bits per heavy atom. The number of halogens is 2. The van der Waals surface area contributed by atoms with Gasteiger partial charge >= 0.3 is 0 Å². The Labute approximate surface area is 151 Å². The van der Waals surface area contributed by atoms with E-state index in [0.717, 1.165) is 36.2 Å². The van der Waals surface area contributed by atoms with Crippen LogP contribution in [0, 0.1) is 29.4 Å². The third-order valence-corrected chi connectivity index (χ3v) is 6.36. The third-order valence-electron chi connectivity index (χ3n) is 6.36. The van der Waals surface area contributed by atoms with Crippen LogP contribution in [-0.2, 0) is 0 Å². The summed E-state index contributed by atoms with van der Waals surface area (Å²) in [6.07, 6.45) is 18.8. The van der Waals surface area contributed by atoms with Crippen molar-refractivity contribution in [2.24, 2.45) is 17.8 Å². The standard InChI is InChI=1S/C23H30F2/c1-2-3-4-5-17-6-8-18(9-7-17)19-10-12-20(13-11-19)21-14-15-22(24)23(25)16-21/h2-5,14-20H,6-13H2,1H3/b3-2+,5-4+. The van der Waals surface area contributed by atoms with E-state index in [1.165, 1.54) is 50.7 Å². The summed E-state index contributed by atoms with van der Waals surface area (Å²) >= 11 is 0. The van der Waals surface area contributed by atoms with Gasteiger partial charge in [-0.05, 0) is 99.7 Å². The van der Waals surface area contributed by atoms with Gasteiger partial charge in [0.1, 0.15) is 0 Å². The van der Waals surface area contributed by atoms with E-state index < -0.39 is 11.6 Å². The van der Waals surface area contributed by atoms with E-state index in [-0.39, 0.29) is 0 Å². The lowest BCUT2D eigenvalue weighted by Gasteiger charge is -2.37. The molecule has 0 spiro atoms. The van der Waals surface area contributed by atoms with Gasteiger partial charge in [0.15, 0.2) is 11.6 Å². The Morgan fingerprint density at radius 1 is 0.800 bits per heavy atom. The molecular formula is C23H30F2. The molecule has 0 amide bonds. The Balaban J connectivity index is 1.47. The van der Waals surface area contributed by atoms with Crippen LogP contribution < -0.4 is 0 Å². The highest BCUT2D eigenvalue weighted by atomic mass is 19.2. The molecule has 2 aliphatic rings. The maximum atomic E-state index is 13.5. The summed E-state index contributed by atoms with van der Waals surface area (Å²) in [5.74, 6) is 1.43. The lowest BCUT2D eigenvalue weighted by molar-refractivity contribution is 0.171. The SMILES string of the molecule is C/C=C/C=C/C1CCC(C2CCC(c3ccc(F)c(F)c3)CC2)CC1. The number of hydrogen-bond acceptors (Lipinski definition) is 0. The molecule has 0 aliphatic heterocycles. The molecule has 0 unspecified atom stereocenters. The Morgan fingerprint density at radius 2 is 1.44 bits per heavy atom. The van der Waals surface area contributed by atoms with Crippen LogP contribution >= 0.6 is 0 Å². The van der Waals surface area contributed by atoms with Gasteiger partial charge in [-0.25, -0.2) is 8.78 Å². The Hall–Kier alpha value is -1.44. The quantitative estimate of drug-likeness (QED) is 0.508. The van der Waals surface area contributed by atoms with Crippen LogP contribution in [0.4, 0.5) is 8.78 Å². The lowest BCUT2D eigenvalue weighted by atomic mass is 9.68. The van der Waals surface area contributed by atoms with Gasteiger partial charge in [0.25, 0.3) is 0 Å². The summed E-state index contributed by atoms with van der Waals surface area (Å²) in [5.41, 5.74) is 0.982. The van der Waals surface area contributed by atoms with Gasteiger partial charge in [-0.3, -0.25) is 0 Å². The van der Waals surface area contributed by atoms with Gasteiger partial charge in [-0.1, -0.05) is 30.4 Å². The largest absolute Gasteiger partial charge is 0.204 e. The van der Waals surface area contributed by atoms with Crippen molar-refractivity contribution in [3.05, 3.63) is 59.7 Å². The minimum atomic E-state index is -0.738. The van der Waals surface area contributed by atoms with Crippen LogP contribution in [0.2, 0.25) is 0 Å². The molecule has 2 heteroatoms. The normalized spacial score (nSPS) is 31.0. The van der Waals surface area contributed by atoms with Crippen molar-refractivity contribution in [1.82, 2.24) is 0 Å². The van der Waals surface area contributed by atoms with Crippen molar-refractivity contribution in [1.29, 1.82) is 0 Å². The fraction of sp³-hybridized carbons (Fsp3) is 0.565. The third kappa shape index (κ3) is 4.80. The zero-order valence-corrected chi connectivity index (χ0v) is 15.3. The molecule has 0 radical (unpaired) electrons. The van der Waals surface area contributed by atoms with Gasteiger partial charge in [-0.2, -0.15) is 0 Å². The summed E-state index contributed by atoms with van der Waals surface area (Å²) in [7, 11) is 0. The van der Waals surface area contributed by atoms with Gasteiger partial charge in [0, 0.05) is 0 Å². The maximum absolute atomic E-state index is 13.5. The minimum Gasteiger partial charge on any atom is -0.204 e. The average Bonchev–Trinajstić information content (AvgIpc) is 2.65. The molecule has 25 heavy (non-hydrogen) atoms. The number of hydrogen-bond donors (Lipinski definition) is 0. The molecule has 2 aliphatic carbocycles. The average molecular weight is 344 g/mol. The van der Waals surface area contributed by atoms with E-state index in [1.54, 1.807) is 6.07 Å². The second-order valence-electron chi connectivity index (χ2n) is 7.87. The fourth-order valence-corrected chi connectivity index (χ4v) is 4.83. The van der Waals surface area contributed by atoms with Crippen molar-refractivity contribution in [3.63, 3.8) is 0 Å². The first-order valence-electron chi connectivity index (χ1n) is 9.91. The fourth-order valence-electron chi connectivity index (χ4n) is 4.83. The first kappa shape index (κ1) is 18.4. The topological polar surface area (TPSA) is 0 Å². The van der Waals surface area contributed by atoms with Crippen LogP contribution in [0.3, 0.4) is 0 Å². The summed E-state index contributed by atoms with van der Waals surface area (Å²) in [6.45, 7) is 2.05. The van der Waals surface area contributed by atoms with Crippen LogP contribution in [0.25, 0.3) is 0 Å². The molecule has 0 saturated heterocycles. The molecule has 2 fully saturated rings. The number of benzene rings is 1. The zero-order chi connectivity index (χ0) is 17.6. The maximum Gasteiger partial charge on any atom is 0.159 e. The van der Waals surface area contributed by atoms with Crippen molar-refractivity contribution < 1.29 is 8.78 Å². The van der Waals surface area contributed by atoms with E-state index in [0.29, 0.717) is 5.92 Å². The first-order valence-corrected chi connectivity index (χ1v) is 9.91. The van der Waals surface area contributed by atoms with Crippen molar-refractivity contribution in [2.75, 3.05) is 0 Å². The van der Waals surface area contributed by atoms with Gasteiger partial charge in [0.05, 0.1) is 0 Å². The second-order valence-corrected chi connectivity index (χ2v) is 7.87. The van der Waals surface area contributed by atoms with Gasteiger partial charge in [-0.15, -0.1) is 0 Å². The molecular weight excluding hydrogens is 314 g/mol. The van der Waals surface area contributed by atoms with Gasteiger partial charge in [0.2, 0.25) is 0 Å². The molecule has 0 N–H and O–H groups in total. The van der Waals surface area contributed by atoms with E-state index >= 15 is 0 Å². The first-order chi connectivity index (χ1) is 12.2. The molecule has 0 aromatic heterocycles. The highest BCUT2D eigenvalue weighted by Crippen LogP contribution is 2.44. The molecule has 0 atom stereocenters. The molecule has 2 saturated carbocycles. The van der Waals surface area contributed by atoms with Crippen LogP contribution in [0.1, 0.15) is 69.8 Å². The molecule has 1 aromatic rings. The molecule has 136 valence electrons. The molecule has 0 heterocycles. The predicted molar refractivity (Wildman–Crippen MR) is 100 cm³/mol. The second kappa shape index (κ2) is 8.78. The molecule has 0 nitrogen and oxygen atoms in total. The highest BCUT2D eigenvalue weighted by molar-refractivity contribution is 5.22. The van der Waals surface area contributed by atoms with Crippen LogP contribution in [0.5, 0.6) is 0 Å². The summed E-state index contributed by atoms with van der Waals surface area (Å²) in [4.78, 5) is 0. The van der Waals surface area contributed by atoms with E-state index in [4.69, 9.17) is 0 Å². The number of rotatable bonds is 4. The molecule has 0 bridgehead atoms. The zero-order valence-electron chi connectivity index (χ0n) is 15.3. The molecule has 1 aromatic carbocycles. The highest BCUT2D eigenvalue weighted by Gasteiger charge is 2.30. The Kier molecular flexibility index (Phi) is 6.45. The van der Waals surface area contributed by atoms with Crippen molar-refractivity contribution in [3.8, 4) is 0 Å². The van der Waals surface area contributed by atoms with E-state index in [1.807, 2.05) is 0 Å². The lowest BCUT2D eigenvalue weighted by Crippen LogP contribution is -2.25. The van der Waals surface area contributed by atoms with E-state index in [2.05, 4.69) is 31.2 Å². The van der Waals surface area contributed by atoms with Crippen molar-refractivity contribution in [2.45, 2.75) is 64.2 Å². The number of allylic oxidation sites excluding steroid dienone is 4. The Bertz CT molecular complexity index is 601. The summed E-state index contributed by atoms with van der Waals surface area (Å²) in [6, 6.07) is 4.45. The smallest absolute Gasteiger partial charge is 0.159 e. The van der Waals surface area contributed by atoms with E-state index in [9.17, 15) is 8.78 Å². The van der Waals surface area contributed by atoms with Crippen molar-refractivity contribution >= 4 is 0 Å².